The average molecular weight is 381 g/mol. The topological polar surface area (TPSA) is 60.7 Å². The first-order valence-corrected chi connectivity index (χ1v) is 10.2. The third-order valence-corrected chi connectivity index (χ3v) is 5.44. The number of carbonyl (C=O) groups is 1. The minimum absolute atomic E-state index is 0.0816. The zero-order valence-corrected chi connectivity index (χ0v) is 16.8. The molecular formula is C21H24N4OS. The summed E-state index contributed by atoms with van der Waals surface area (Å²) in [6, 6.07) is 14.0. The van der Waals surface area contributed by atoms with Gasteiger partial charge in [0.2, 0.25) is 5.16 Å². The smallest absolute Gasteiger partial charge is 0.214 e. The van der Waals surface area contributed by atoms with Crippen molar-refractivity contribution in [2.45, 2.75) is 45.2 Å². The third-order valence-electron chi connectivity index (χ3n) is 4.52. The molecule has 1 heterocycles. The van der Waals surface area contributed by atoms with Crippen LogP contribution in [0.1, 0.15) is 46.8 Å². The Labute approximate surface area is 164 Å². The molecule has 3 rings (SSSR count). The van der Waals surface area contributed by atoms with Crippen LogP contribution in [-0.2, 0) is 6.42 Å². The van der Waals surface area contributed by atoms with Crippen molar-refractivity contribution in [1.82, 2.24) is 20.2 Å². The van der Waals surface area contributed by atoms with Crippen molar-refractivity contribution in [2.75, 3.05) is 5.75 Å². The van der Waals surface area contributed by atoms with E-state index in [1.807, 2.05) is 56.3 Å². The lowest BCUT2D eigenvalue weighted by Crippen LogP contribution is -2.07. The molecule has 0 aliphatic carbocycles. The lowest BCUT2D eigenvalue weighted by molar-refractivity contribution is 0.102. The van der Waals surface area contributed by atoms with Crippen molar-refractivity contribution in [3.8, 4) is 5.69 Å². The maximum Gasteiger partial charge on any atom is 0.214 e. The van der Waals surface area contributed by atoms with Crippen LogP contribution in [0, 0.1) is 13.8 Å². The van der Waals surface area contributed by atoms with Crippen LogP contribution in [-0.4, -0.2) is 31.7 Å². The highest BCUT2D eigenvalue weighted by atomic mass is 32.2. The van der Waals surface area contributed by atoms with E-state index in [4.69, 9.17) is 0 Å². The van der Waals surface area contributed by atoms with Gasteiger partial charge in [0, 0.05) is 5.56 Å². The molecular weight excluding hydrogens is 356 g/mol. The number of aryl methyl sites for hydroxylation is 3. The quantitative estimate of drug-likeness (QED) is 0.422. The van der Waals surface area contributed by atoms with Crippen molar-refractivity contribution < 1.29 is 4.79 Å². The molecule has 27 heavy (non-hydrogen) atoms. The lowest BCUT2D eigenvalue weighted by Gasteiger charge is -2.10. The third kappa shape index (κ3) is 4.63. The van der Waals surface area contributed by atoms with E-state index in [0.29, 0.717) is 10.9 Å². The fourth-order valence-corrected chi connectivity index (χ4v) is 3.77. The van der Waals surface area contributed by atoms with Crippen LogP contribution in [0.15, 0.2) is 47.6 Å². The van der Waals surface area contributed by atoms with E-state index in [0.717, 1.165) is 28.8 Å². The molecule has 2 aromatic carbocycles. The summed E-state index contributed by atoms with van der Waals surface area (Å²) in [7, 11) is 0. The number of benzene rings is 2. The molecule has 0 unspecified atom stereocenters. The minimum atomic E-state index is 0.0816. The van der Waals surface area contributed by atoms with Gasteiger partial charge in [0.15, 0.2) is 5.78 Å². The van der Waals surface area contributed by atoms with Crippen LogP contribution >= 0.6 is 11.8 Å². The van der Waals surface area contributed by atoms with Crippen molar-refractivity contribution >= 4 is 17.5 Å². The standard InChI is InChI=1S/C21H24N4OS/c1-4-5-9-17-10-12-18(13-11-17)19(26)14-27-21-22-23-24-25(21)20-15(2)7-6-8-16(20)3/h6-8,10-13H,4-5,9,14H2,1-3H3. The van der Waals surface area contributed by atoms with E-state index in [-0.39, 0.29) is 5.78 Å². The highest BCUT2D eigenvalue weighted by Crippen LogP contribution is 2.24. The molecule has 0 atom stereocenters. The first-order chi connectivity index (χ1) is 13.1. The second-order valence-electron chi connectivity index (χ2n) is 6.63. The summed E-state index contributed by atoms with van der Waals surface area (Å²) in [4.78, 5) is 12.5. The van der Waals surface area contributed by atoms with Gasteiger partial charge in [-0.2, -0.15) is 4.68 Å². The van der Waals surface area contributed by atoms with Crippen molar-refractivity contribution in [2.24, 2.45) is 0 Å². The Bertz CT molecular complexity index is 898. The van der Waals surface area contributed by atoms with Crippen LogP contribution in [0.3, 0.4) is 0 Å². The average Bonchev–Trinajstić information content (AvgIpc) is 3.13. The lowest BCUT2D eigenvalue weighted by atomic mass is 10.1. The first kappa shape index (κ1) is 19.3. The van der Waals surface area contributed by atoms with E-state index < -0.39 is 0 Å². The number of aromatic nitrogens is 4. The number of ketones is 1. The van der Waals surface area contributed by atoms with Crippen LogP contribution in [0.4, 0.5) is 0 Å². The number of unbranched alkanes of at least 4 members (excludes halogenated alkanes) is 1. The number of Topliss-reactive ketones (excluding diaryl/α,β-unsaturated/α-hetero) is 1. The van der Waals surface area contributed by atoms with Crippen molar-refractivity contribution in [3.63, 3.8) is 0 Å². The fourth-order valence-electron chi connectivity index (χ4n) is 3.00. The van der Waals surface area contributed by atoms with Gasteiger partial charge in [-0.3, -0.25) is 4.79 Å². The maximum atomic E-state index is 12.5. The first-order valence-electron chi connectivity index (χ1n) is 9.20. The number of hydrogen-bond acceptors (Lipinski definition) is 5. The normalized spacial score (nSPS) is 10.9. The van der Waals surface area contributed by atoms with Crippen LogP contribution in [0.25, 0.3) is 5.69 Å². The summed E-state index contributed by atoms with van der Waals surface area (Å²) in [5.41, 5.74) is 5.17. The molecule has 5 nitrogen and oxygen atoms in total. The summed E-state index contributed by atoms with van der Waals surface area (Å²) >= 11 is 1.36. The molecule has 1 aromatic heterocycles. The summed E-state index contributed by atoms with van der Waals surface area (Å²) in [5, 5.41) is 12.7. The second-order valence-corrected chi connectivity index (χ2v) is 7.57. The Kier molecular flexibility index (Phi) is 6.40. The Hall–Kier alpha value is -2.47. The van der Waals surface area contributed by atoms with Gasteiger partial charge in [-0.1, -0.05) is 67.6 Å². The number of rotatable bonds is 8. The largest absolute Gasteiger partial charge is 0.293 e. The molecule has 3 aromatic rings. The summed E-state index contributed by atoms with van der Waals surface area (Å²) in [6.07, 6.45) is 3.40. The molecule has 0 saturated carbocycles. The van der Waals surface area contributed by atoms with Gasteiger partial charge in [-0.05, 0) is 53.8 Å². The summed E-state index contributed by atoms with van der Waals surface area (Å²) in [6.45, 7) is 6.24. The van der Waals surface area contributed by atoms with E-state index in [1.54, 1.807) is 4.68 Å². The molecule has 0 aliphatic rings. The SMILES string of the molecule is CCCCc1ccc(C(=O)CSc2nnnn2-c2c(C)cccc2C)cc1. The van der Waals surface area contributed by atoms with Gasteiger partial charge < -0.3 is 0 Å². The number of thioether (sulfide) groups is 1. The number of hydrogen-bond donors (Lipinski definition) is 0. The molecule has 0 amide bonds. The van der Waals surface area contributed by atoms with Crippen LogP contribution in [0.2, 0.25) is 0 Å². The van der Waals surface area contributed by atoms with Gasteiger partial charge in [0.25, 0.3) is 0 Å². The number of para-hydroxylation sites is 1. The van der Waals surface area contributed by atoms with E-state index in [1.165, 1.54) is 30.2 Å². The second kappa shape index (κ2) is 8.95. The number of tetrazole rings is 1. The monoisotopic (exact) mass is 380 g/mol. The van der Waals surface area contributed by atoms with Gasteiger partial charge in [0.05, 0.1) is 11.4 Å². The Morgan fingerprint density at radius 1 is 1.07 bits per heavy atom. The van der Waals surface area contributed by atoms with Gasteiger partial charge in [-0.15, -0.1) is 5.10 Å². The molecule has 0 aliphatic heterocycles. The zero-order chi connectivity index (χ0) is 19.2. The highest BCUT2D eigenvalue weighted by Gasteiger charge is 2.15. The predicted molar refractivity (Wildman–Crippen MR) is 109 cm³/mol. The van der Waals surface area contributed by atoms with Crippen molar-refractivity contribution in [3.05, 3.63) is 64.7 Å². The van der Waals surface area contributed by atoms with E-state index in [2.05, 4.69) is 22.4 Å². The molecule has 0 spiro atoms. The Morgan fingerprint density at radius 3 is 2.44 bits per heavy atom. The van der Waals surface area contributed by atoms with E-state index in [9.17, 15) is 4.79 Å². The predicted octanol–water partition coefficient (Wildman–Crippen LogP) is 4.60. The molecule has 0 bridgehead atoms. The summed E-state index contributed by atoms with van der Waals surface area (Å²) in [5.74, 6) is 0.387. The van der Waals surface area contributed by atoms with Gasteiger partial charge >= 0.3 is 0 Å². The Morgan fingerprint density at radius 2 is 1.78 bits per heavy atom. The number of carbonyl (C=O) groups excluding carboxylic acids is 1. The minimum Gasteiger partial charge on any atom is -0.293 e. The van der Waals surface area contributed by atoms with Gasteiger partial charge in [0.1, 0.15) is 0 Å². The molecule has 0 saturated heterocycles. The van der Waals surface area contributed by atoms with Crippen molar-refractivity contribution in [1.29, 1.82) is 0 Å². The van der Waals surface area contributed by atoms with Crippen LogP contribution < -0.4 is 0 Å². The molecule has 0 radical (unpaired) electrons. The Balaban J connectivity index is 1.69. The fraction of sp³-hybridized carbons (Fsp3) is 0.333. The van der Waals surface area contributed by atoms with E-state index >= 15 is 0 Å². The van der Waals surface area contributed by atoms with Gasteiger partial charge in [-0.25, -0.2) is 0 Å². The maximum absolute atomic E-state index is 12.5. The highest BCUT2D eigenvalue weighted by molar-refractivity contribution is 7.99. The molecule has 6 heteroatoms. The van der Waals surface area contributed by atoms with Crippen LogP contribution in [0.5, 0.6) is 0 Å². The number of nitrogens with zero attached hydrogens (tertiary/aromatic N) is 4. The molecule has 0 N–H and O–H groups in total. The zero-order valence-electron chi connectivity index (χ0n) is 16.0. The summed E-state index contributed by atoms with van der Waals surface area (Å²) < 4.78 is 1.72. The molecule has 0 fully saturated rings. The molecule has 140 valence electrons.